The second-order valence-corrected chi connectivity index (χ2v) is 6.86. The molecular weight excluding hydrogens is 318 g/mol. The predicted octanol–water partition coefficient (Wildman–Crippen LogP) is 5.03. The van der Waals surface area contributed by atoms with Crippen LogP contribution in [0.1, 0.15) is 5.69 Å². The van der Waals surface area contributed by atoms with Crippen LogP contribution in [0.15, 0.2) is 62.7 Å². The number of pyridine rings is 1. The third-order valence-corrected chi connectivity index (χ3v) is 4.81. The first-order valence-corrected chi connectivity index (χ1v) is 8.46. The van der Waals surface area contributed by atoms with Crippen molar-refractivity contribution >= 4 is 46.7 Å². The molecule has 0 saturated carbocycles. The highest BCUT2D eigenvalue weighted by Gasteiger charge is 2.09. The molecule has 0 unspecified atom stereocenters. The minimum atomic E-state index is 0.802. The Morgan fingerprint density at radius 3 is 2.76 bits per heavy atom. The molecule has 0 radical (unpaired) electrons. The Bertz CT molecular complexity index is 741. The molecule has 0 saturated heterocycles. The third kappa shape index (κ3) is 3.78. The number of hydrogen-bond acceptors (Lipinski definition) is 6. The van der Waals surface area contributed by atoms with Gasteiger partial charge in [-0.3, -0.25) is 0 Å². The zero-order valence-electron chi connectivity index (χ0n) is 11.3. The van der Waals surface area contributed by atoms with E-state index in [4.69, 9.17) is 0 Å². The standard InChI is InChI=1S/C15H13N3S3/c1-10-9-20-15(17-10)18-14-13(7-11(19)8-16-14)21-12-5-3-2-4-6-12/h2-9,19H,1H3,(H,16,17,18). The molecule has 0 fully saturated rings. The number of hydrogen-bond donors (Lipinski definition) is 2. The van der Waals surface area contributed by atoms with Crippen molar-refractivity contribution in [3.05, 3.63) is 53.7 Å². The molecule has 3 aromatic rings. The molecular formula is C15H13N3S3. The third-order valence-electron chi connectivity index (χ3n) is 2.65. The van der Waals surface area contributed by atoms with Gasteiger partial charge in [0.1, 0.15) is 5.82 Å². The molecule has 0 aliphatic carbocycles. The molecule has 2 heterocycles. The van der Waals surface area contributed by atoms with Crippen LogP contribution in [0.2, 0.25) is 0 Å². The maximum Gasteiger partial charge on any atom is 0.188 e. The van der Waals surface area contributed by atoms with E-state index in [1.165, 1.54) is 0 Å². The zero-order chi connectivity index (χ0) is 14.7. The predicted molar refractivity (Wildman–Crippen MR) is 92.2 cm³/mol. The van der Waals surface area contributed by atoms with Crippen LogP contribution >= 0.6 is 35.7 Å². The van der Waals surface area contributed by atoms with E-state index in [9.17, 15) is 0 Å². The minimum absolute atomic E-state index is 0.802. The van der Waals surface area contributed by atoms with Crippen LogP contribution in [0, 0.1) is 6.92 Å². The highest BCUT2D eigenvalue weighted by molar-refractivity contribution is 7.99. The van der Waals surface area contributed by atoms with Crippen molar-refractivity contribution in [2.24, 2.45) is 0 Å². The van der Waals surface area contributed by atoms with Crippen molar-refractivity contribution in [3.8, 4) is 0 Å². The van der Waals surface area contributed by atoms with Crippen molar-refractivity contribution < 1.29 is 0 Å². The van der Waals surface area contributed by atoms with E-state index in [0.717, 1.165) is 31.3 Å². The monoisotopic (exact) mass is 331 g/mol. The quantitative estimate of drug-likeness (QED) is 0.658. The summed E-state index contributed by atoms with van der Waals surface area (Å²) in [5, 5.41) is 6.14. The minimum Gasteiger partial charge on any atom is -0.315 e. The van der Waals surface area contributed by atoms with Crippen LogP contribution in [0.5, 0.6) is 0 Å². The van der Waals surface area contributed by atoms with Gasteiger partial charge in [0, 0.05) is 21.4 Å². The molecule has 0 amide bonds. The summed E-state index contributed by atoms with van der Waals surface area (Å²) in [4.78, 5) is 11.9. The van der Waals surface area contributed by atoms with Crippen molar-refractivity contribution in [2.75, 3.05) is 5.32 Å². The Labute approximate surface area is 137 Å². The number of anilines is 2. The fourth-order valence-electron chi connectivity index (χ4n) is 1.73. The van der Waals surface area contributed by atoms with Crippen molar-refractivity contribution in [1.82, 2.24) is 9.97 Å². The fraction of sp³-hybridized carbons (Fsp3) is 0.0667. The first-order valence-electron chi connectivity index (χ1n) is 6.32. The van der Waals surface area contributed by atoms with Gasteiger partial charge in [-0.15, -0.1) is 24.0 Å². The molecule has 6 heteroatoms. The Hall–Kier alpha value is -1.50. The summed E-state index contributed by atoms with van der Waals surface area (Å²) < 4.78 is 0. The average molecular weight is 331 g/mol. The maximum absolute atomic E-state index is 4.44. The molecule has 1 aromatic carbocycles. The van der Waals surface area contributed by atoms with E-state index in [1.807, 2.05) is 36.6 Å². The van der Waals surface area contributed by atoms with Crippen LogP contribution in [0.4, 0.5) is 10.9 Å². The maximum atomic E-state index is 4.44. The Kier molecular flexibility index (Phi) is 4.48. The number of thiazole rings is 1. The van der Waals surface area contributed by atoms with E-state index in [0.29, 0.717) is 0 Å². The largest absolute Gasteiger partial charge is 0.315 e. The summed E-state index contributed by atoms with van der Waals surface area (Å²) in [5.41, 5.74) is 1.01. The van der Waals surface area contributed by atoms with Crippen molar-refractivity contribution in [1.29, 1.82) is 0 Å². The number of thiol groups is 1. The second kappa shape index (κ2) is 6.51. The van der Waals surface area contributed by atoms with Gasteiger partial charge in [0.25, 0.3) is 0 Å². The molecule has 3 nitrogen and oxygen atoms in total. The summed E-state index contributed by atoms with van der Waals surface area (Å²) in [6.07, 6.45) is 1.74. The molecule has 21 heavy (non-hydrogen) atoms. The van der Waals surface area contributed by atoms with Crippen molar-refractivity contribution in [3.63, 3.8) is 0 Å². The summed E-state index contributed by atoms with van der Waals surface area (Å²) in [5.74, 6) is 0.802. The summed E-state index contributed by atoms with van der Waals surface area (Å²) in [6.45, 7) is 1.98. The van der Waals surface area contributed by atoms with Gasteiger partial charge in [-0.05, 0) is 25.1 Å². The van der Waals surface area contributed by atoms with Crippen LogP contribution in [-0.4, -0.2) is 9.97 Å². The van der Waals surface area contributed by atoms with Crippen LogP contribution in [0.3, 0.4) is 0 Å². The summed E-state index contributed by atoms with van der Waals surface area (Å²) >= 11 is 7.61. The number of benzene rings is 1. The molecule has 3 rings (SSSR count). The Balaban J connectivity index is 1.89. The van der Waals surface area contributed by atoms with Gasteiger partial charge in [0.2, 0.25) is 0 Å². The molecule has 106 valence electrons. The summed E-state index contributed by atoms with van der Waals surface area (Å²) in [7, 11) is 0. The van der Waals surface area contributed by atoms with E-state index in [2.05, 4.69) is 40.0 Å². The number of aromatic nitrogens is 2. The van der Waals surface area contributed by atoms with Gasteiger partial charge >= 0.3 is 0 Å². The van der Waals surface area contributed by atoms with E-state index < -0.39 is 0 Å². The highest BCUT2D eigenvalue weighted by atomic mass is 32.2. The fourth-order valence-corrected chi connectivity index (χ4v) is 3.63. The number of aryl methyl sites for hydroxylation is 1. The normalized spacial score (nSPS) is 10.6. The van der Waals surface area contributed by atoms with Crippen LogP contribution in [0.25, 0.3) is 0 Å². The molecule has 0 aliphatic heterocycles. The van der Waals surface area contributed by atoms with Gasteiger partial charge in [-0.25, -0.2) is 9.97 Å². The lowest BCUT2D eigenvalue weighted by Crippen LogP contribution is -1.95. The van der Waals surface area contributed by atoms with E-state index in [1.54, 1.807) is 29.3 Å². The molecule has 1 N–H and O–H groups in total. The highest BCUT2D eigenvalue weighted by Crippen LogP contribution is 2.35. The van der Waals surface area contributed by atoms with Gasteiger partial charge in [-0.1, -0.05) is 30.0 Å². The number of rotatable bonds is 4. The summed E-state index contributed by atoms with van der Waals surface area (Å²) in [6, 6.07) is 12.2. The zero-order valence-corrected chi connectivity index (χ0v) is 13.8. The lowest BCUT2D eigenvalue weighted by molar-refractivity contribution is 1.15. The Morgan fingerprint density at radius 2 is 2.05 bits per heavy atom. The van der Waals surface area contributed by atoms with Gasteiger partial charge in [-0.2, -0.15) is 0 Å². The first-order chi connectivity index (χ1) is 10.2. The smallest absolute Gasteiger partial charge is 0.188 e. The molecule has 2 aromatic heterocycles. The van der Waals surface area contributed by atoms with Gasteiger partial charge in [0.15, 0.2) is 5.13 Å². The van der Waals surface area contributed by atoms with Crippen LogP contribution < -0.4 is 5.32 Å². The molecule has 0 bridgehead atoms. The molecule has 0 spiro atoms. The topological polar surface area (TPSA) is 37.8 Å². The van der Waals surface area contributed by atoms with Gasteiger partial charge in [0.05, 0.1) is 10.6 Å². The SMILES string of the molecule is Cc1csc(Nc2ncc(S)cc2Sc2ccccc2)n1. The second-order valence-electron chi connectivity index (χ2n) is 4.37. The Morgan fingerprint density at radius 1 is 1.24 bits per heavy atom. The first kappa shape index (κ1) is 14.4. The molecule has 0 aliphatic rings. The number of nitrogens with one attached hydrogen (secondary N) is 1. The van der Waals surface area contributed by atoms with Crippen molar-refractivity contribution in [2.45, 2.75) is 21.6 Å². The number of nitrogens with zero attached hydrogens (tertiary/aromatic N) is 2. The lowest BCUT2D eigenvalue weighted by atomic mass is 10.4. The lowest BCUT2D eigenvalue weighted by Gasteiger charge is -2.09. The average Bonchev–Trinajstić information content (AvgIpc) is 2.88. The van der Waals surface area contributed by atoms with E-state index >= 15 is 0 Å². The van der Waals surface area contributed by atoms with E-state index in [-0.39, 0.29) is 0 Å². The van der Waals surface area contributed by atoms with Gasteiger partial charge < -0.3 is 5.32 Å². The van der Waals surface area contributed by atoms with Crippen LogP contribution in [-0.2, 0) is 0 Å². The molecule has 0 atom stereocenters.